The van der Waals surface area contributed by atoms with Gasteiger partial charge in [-0.25, -0.2) is 9.98 Å². The highest BCUT2D eigenvalue weighted by atomic mass is 127. The molecule has 2 aromatic carbocycles. The van der Waals surface area contributed by atoms with E-state index in [2.05, 4.69) is 20.6 Å². The summed E-state index contributed by atoms with van der Waals surface area (Å²) in [5, 5.41) is 17.2. The minimum atomic E-state index is -1.01. The molecule has 1 atom stereocenters. The normalized spacial score (nSPS) is 13.3. The number of aryl methyl sites for hydroxylation is 1. The van der Waals surface area contributed by atoms with E-state index in [-0.39, 0.29) is 24.0 Å². The molecule has 0 saturated heterocycles. The molecule has 0 radical (unpaired) electrons. The Kier molecular flexibility index (Phi) is 8.86. The quantitative estimate of drug-likeness (QED) is 0.247. The molecule has 7 heteroatoms. The summed E-state index contributed by atoms with van der Waals surface area (Å²) in [6.45, 7) is 7.24. The Morgan fingerprint density at radius 3 is 2.47 bits per heavy atom. The first kappa shape index (κ1) is 23.9. The summed E-state index contributed by atoms with van der Waals surface area (Å²) in [6.07, 6.45) is 1.63. The van der Waals surface area contributed by atoms with Crippen LogP contribution < -0.4 is 10.6 Å². The number of aliphatic hydroxyl groups is 1. The summed E-state index contributed by atoms with van der Waals surface area (Å²) in [7, 11) is 0. The third kappa shape index (κ3) is 6.56. The van der Waals surface area contributed by atoms with Gasteiger partial charge in [-0.15, -0.1) is 24.0 Å². The number of oxazole rings is 1. The van der Waals surface area contributed by atoms with E-state index < -0.39 is 5.60 Å². The number of benzene rings is 2. The second-order valence-corrected chi connectivity index (χ2v) is 7.20. The van der Waals surface area contributed by atoms with Crippen molar-refractivity contribution < 1.29 is 9.52 Å². The van der Waals surface area contributed by atoms with Gasteiger partial charge in [0.2, 0.25) is 5.89 Å². The first-order valence-corrected chi connectivity index (χ1v) is 9.79. The summed E-state index contributed by atoms with van der Waals surface area (Å²) in [5.41, 5.74) is 2.71. The second-order valence-electron chi connectivity index (χ2n) is 7.20. The van der Waals surface area contributed by atoms with Crippen molar-refractivity contribution >= 4 is 29.9 Å². The minimum Gasteiger partial charge on any atom is -0.444 e. The van der Waals surface area contributed by atoms with Crippen molar-refractivity contribution in [1.82, 2.24) is 15.6 Å². The molecular formula is C23H29IN4O2. The van der Waals surface area contributed by atoms with Crippen LogP contribution >= 0.6 is 24.0 Å². The molecule has 3 N–H and O–H groups in total. The first-order chi connectivity index (χ1) is 14.0. The molecule has 1 heterocycles. The molecule has 0 aliphatic rings. The number of nitrogens with zero attached hydrogens (tertiary/aromatic N) is 2. The Labute approximate surface area is 194 Å². The SMILES string of the molecule is CCNC(=NCc1coc(-c2ccc(C)cc2)n1)NCC(C)(O)c1ccccc1.I. The topological polar surface area (TPSA) is 82.7 Å². The van der Waals surface area contributed by atoms with Crippen LogP contribution in [0.5, 0.6) is 0 Å². The van der Waals surface area contributed by atoms with Crippen molar-refractivity contribution in [3.63, 3.8) is 0 Å². The molecule has 0 bridgehead atoms. The van der Waals surface area contributed by atoms with E-state index in [0.717, 1.165) is 16.8 Å². The highest BCUT2D eigenvalue weighted by Crippen LogP contribution is 2.20. The maximum Gasteiger partial charge on any atom is 0.226 e. The van der Waals surface area contributed by atoms with Crippen LogP contribution in [0.15, 0.2) is 70.3 Å². The Hall–Kier alpha value is -2.39. The van der Waals surface area contributed by atoms with Crippen LogP contribution in [-0.2, 0) is 12.1 Å². The molecule has 0 fully saturated rings. The zero-order valence-electron chi connectivity index (χ0n) is 17.6. The van der Waals surface area contributed by atoms with Gasteiger partial charge in [0.1, 0.15) is 17.6 Å². The summed E-state index contributed by atoms with van der Waals surface area (Å²) in [5.74, 6) is 1.20. The number of nitrogens with one attached hydrogen (secondary N) is 2. The molecule has 0 saturated carbocycles. The van der Waals surface area contributed by atoms with Gasteiger partial charge in [0.05, 0.1) is 13.1 Å². The number of rotatable bonds is 7. The van der Waals surface area contributed by atoms with E-state index in [4.69, 9.17) is 4.42 Å². The number of hydrogen-bond donors (Lipinski definition) is 3. The predicted molar refractivity (Wildman–Crippen MR) is 131 cm³/mol. The molecule has 6 nitrogen and oxygen atoms in total. The van der Waals surface area contributed by atoms with Gasteiger partial charge in [-0.2, -0.15) is 0 Å². The molecule has 0 amide bonds. The Bertz CT molecular complexity index is 937. The Morgan fingerprint density at radius 2 is 1.80 bits per heavy atom. The zero-order valence-corrected chi connectivity index (χ0v) is 19.9. The summed E-state index contributed by atoms with van der Waals surface area (Å²) < 4.78 is 5.59. The number of guanidine groups is 1. The van der Waals surface area contributed by atoms with E-state index in [1.165, 1.54) is 5.56 Å². The van der Waals surface area contributed by atoms with E-state index in [0.29, 0.717) is 31.5 Å². The number of hydrogen-bond acceptors (Lipinski definition) is 4. The molecule has 0 spiro atoms. The van der Waals surface area contributed by atoms with Crippen LogP contribution in [0.1, 0.15) is 30.7 Å². The third-order valence-corrected chi connectivity index (χ3v) is 4.59. The third-order valence-electron chi connectivity index (χ3n) is 4.59. The van der Waals surface area contributed by atoms with Gasteiger partial charge < -0.3 is 20.2 Å². The molecule has 30 heavy (non-hydrogen) atoms. The van der Waals surface area contributed by atoms with E-state index >= 15 is 0 Å². The maximum atomic E-state index is 10.8. The van der Waals surface area contributed by atoms with Crippen LogP contribution in [0.2, 0.25) is 0 Å². The number of aromatic nitrogens is 1. The van der Waals surface area contributed by atoms with Crippen LogP contribution in [0.25, 0.3) is 11.5 Å². The molecular weight excluding hydrogens is 491 g/mol. The van der Waals surface area contributed by atoms with Crippen LogP contribution in [0.4, 0.5) is 0 Å². The fourth-order valence-corrected chi connectivity index (χ4v) is 2.87. The van der Waals surface area contributed by atoms with Gasteiger partial charge in [-0.05, 0) is 38.5 Å². The van der Waals surface area contributed by atoms with Crippen molar-refractivity contribution in [1.29, 1.82) is 0 Å². The van der Waals surface area contributed by atoms with Crippen molar-refractivity contribution in [3.05, 3.63) is 77.7 Å². The van der Waals surface area contributed by atoms with Gasteiger partial charge in [0, 0.05) is 12.1 Å². The lowest BCUT2D eigenvalue weighted by Crippen LogP contribution is -2.44. The van der Waals surface area contributed by atoms with Gasteiger partial charge >= 0.3 is 0 Å². The lowest BCUT2D eigenvalue weighted by Gasteiger charge is -2.25. The monoisotopic (exact) mass is 520 g/mol. The maximum absolute atomic E-state index is 10.8. The van der Waals surface area contributed by atoms with Crippen LogP contribution in [0, 0.1) is 6.92 Å². The van der Waals surface area contributed by atoms with E-state index in [9.17, 15) is 5.11 Å². The molecule has 160 valence electrons. The fraction of sp³-hybridized carbons (Fsp3) is 0.304. The lowest BCUT2D eigenvalue weighted by atomic mass is 9.96. The van der Waals surface area contributed by atoms with Gasteiger partial charge in [0.25, 0.3) is 0 Å². The molecule has 0 aliphatic carbocycles. The summed E-state index contributed by atoms with van der Waals surface area (Å²) >= 11 is 0. The molecule has 1 aromatic heterocycles. The Morgan fingerprint density at radius 1 is 1.10 bits per heavy atom. The minimum absolute atomic E-state index is 0. The van der Waals surface area contributed by atoms with E-state index in [1.54, 1.807) is 13.2 Å². The van der Waals surface area contributed by atoms with Gasteiger partial charge in [-0.3, -0.25) is 0 Å². The second kappa shape index (κ2) is 11.1. The summed E-state index contributed by atoms with van der Waals surface area (Å²) in [4.78, 5) is 9.08. The van der Waals surface area contributed by atoms with Crippen molar-refractivity contribution in [2.75, 3.05) is 13.1 Å². The summed E-state index contributed by atoms with van der Waals surface area (Å²) in [6, 6.07) is 17.6. The van der Waals surface area contributed by atoms with Crippen LogP contribution in [0.3, 0.4) is 0 Å². The average Bonchev–Trinajstić information content (AvgIpc) is 3.20. The molecule has 1 unspecified atom stereocenters. The average molecular weight is 520 g/mol. The highest BCUT2D eigenvalue weighted by molar-refractivity contribution is 14.0. The van der Waals surface area contributed by atoms with E-state index in [1.807, 2.05) is 68.4 Å². The lowest BCUT2D eigenvalue weighted by molar-refractivity contribution is 0.0617. The van der Waals surface area contributed by atoms with Gasteiger partial charge in [0.15, 0.2) is 5.96 Å². The number of halogens is 1. The number of aliphatic imine (C=N–C) groups is 1. The molecule has 3 rings (SSSR count). The van der Waals surface area contributed by atoms with Crippen LogP contribution in [-0.4, -0.2) is 29.1 Å². The largest absolute Gasteiger partial charge is 0.444 e. The molecule has 0 aliphatic heterocycles. The van der Waals surface area contributed by atoms with Crippen molar-refractivity contribution in [2.45, 2.75) is 32.9 Å². The fourth-order valence-electron chi connectivity index (χ4n) is 2.87. The molecule has 3 aromatic rings. The Balaban J connectivity index is 0.00000320. The van der Waals surface area contributed by atoms with Crippen molar-refractivity contribution in [3.8, 4) is 11.5 Å². The predicted octanol–water partition coefficient (Wildman–Crippen LogP) is 4.23. The first-order valence-electron chi connectivity index (χ1n) is 9.79. The van der Waals surface area contributed by atoms with Crippen molar-refractivity contribution in [2.24, 2.45) is 4.99 Å². The van der Waals surface area contributed by atoms with Gasteiger partial charge in [-0.1, -0.05) is 48.0 Å². The standard InChI is InChI=1S/C23H28N4O2.HI/c1-4-24-22(26-16-23(3,28)19-8-6-5-7-9-19)25-14-20-15-29-21(27-20)18-12-10-17(2)11-13-18;/h5-13,15,28H,4,14,16H2,1-3H3,(H2,24,25,26);1H. The zero-order chi connectivity index (χ0) is 20.7. The highest BCUT2D eigenvalue weighted by Gasteiger charge is 2.23. The smallest absolute Gasteiger partial charge is 0.226 e.